The number of benzene rings is 2. The van der Waals surface area contributed by atoms with E-state index in [1.54, 1.807) is 10.7 Å². The zero-order chi connectivity index (χ0) is 27.1. The lowest BCUT2D eigenvalue weighted by Crippen LogP contribution is -2.15. The van der Waals surface area contributed by atoms with Crippen LogP contribution in [0.4, 0.5) is 21.9 Å². The maximum Gasteiger partial charge on any atom is 0.411 e. The van der Waals surface area contributed by atoms with Gasteiger partial charge in [-0.15, -0.1) is 0 Å². The van der Waals surface area contributed by atoms with Gasteiger partial charge in [-0.25, -0.2) is 17.7 Å². The molecule has 196 valence electrons. The number of hydrogen-bond donors (Lipinski definition) is 2. The molecule has 0 aliphatic carbocycles. The van der Waals surface area contributed by atoms with Crippen LogP contribution >= 0.6 is 0 Å². The number of carbonyl (C=O) groups is 1. The third-order valence-electron chi connectivity index (χ3n) is 5.66. The minimum absolute atomic E-state index is 0.0490. The van der Waals surface area contributed by atoms with Crippen LogP contribution in [0.25, 0.3) is 5.52 Å². The number of anilines is 3. The molecule has 0 saturated carbocycles. The fraction of sp³-hybridized carbons (Fsp3) is 0.222. The molecular weight excluding hydrogens is 506 g/mol. The van der Waals surface area contributed by atoms with Crippen LogP contribution in [0.5, 0.6) is 11.5 Å². The first-order valence-corrected chi connectivity index (χ1v) is 13.9. The van der Waals surface area contributed by atoms with E-state index in [1.165, 1.54) is 12.5 Å². The predicted molar refractivity (Wildman–Crippen MR) is 145 cm³/mol. The van der Waals surface area contributed by atoms with Gasteiger partial charge in [0.2, 0.25) is 0 Å². The molecule has 1 amide bonds. The average molecular weight is 534 g/mol. The van der Waals surface area contributed by atoms with Crippen molar-refractivity contribution in [1.82, 2.24) is 9.61 Å². The Morgan fingerprint density at radius 2 is 1.79 bits per heavy atom. The Morgan fingerprint density at radius 3 is 2.47 bits per heavy atom. The van der Waals surface area contributed by atoms with Gasteiger partial charge in [0.05, 0.1) is 47.2 Å². The number of para-hydroxylation sites is 1. The monoisotopic (exact) mass is 533 g/mol. The molecule has 0 bridgehead atoms. The smallest absolute Gasteiger partial charge is 0.411 e. The van der Waals surface area contributed by atoms with Gasteiger partial charge in [-0.2, -0.15) is 10.4 Å². The van der Waals surface area contributed by atoms with Crippen molar-refractivity contribution in [1.29, 1.82) is 5.26 Å². The van der Waals surface area contributed by atoms with Crippen LogP contribution in [-0.2, 0) is 14.6 Å². The molecule has 11 heteroatoms. The molecular formula is C27H27N5O5S. The first-order valence-electron chi connectivity index (χ1n) is 11.9. The number of sulfone groups is 1. The Bertz CT molecular complexity index is 1580. The number of hydrogen-bond acceptors (Lipinski definition) is 8. The summed E-state index contributed by atoms with van der Waals surface area (Å²) in [5.41, 5.74) is 3.40. The number of nitrogens with one attached hydrogen (secondary N) is 2. The van der Waals surface area contributed by atoms with Crippen molar-refractivity contribution in [2.45, 2.75) is 19.8 Å². The molecule has 0 saturated heterocycles. The summed E-state index contributed by atoms with van der Waals surface area (Å²) in [6.45, 7) is 1.91. The number of nitrogens with zero attached hydrogens (tertiary/aromatic N) is 3. The zero-order valence-electron chi connectivity index (χ0n) is 21.0. The summed E-state index contributed by atoms with van der Waals surface area (Å²) in [6.07, 6.45) is 4.45. The van der Waals surface area contributed by atoms with Crippen LogP contribution in [0.2, 0.25) is 0 Å². The second kappa shape index (κ2) is 11.7. The van der Waals surface area contributed by atoms with Crippen LogP contribution in [0.1, 0.15) is 24.0 Å². The number of aromatic nitrogens is 2. The fourth-order valence-corrected chi connectivity index (χ4v) is 4.51. The Labute approximate surface area is 220 Å². The van der Waals surface area contributed by atoms with Crippen molar-refractivity contribution < 1.29 is 22.7 Å². The fourth-order valence-electron chi connectivity index (χ4n) is 3.78. The Morgan fingerprint density at radius 1 is 1.08 bits per heavy atom. The van der Waals surface area contributed by atoms with Crippen LogP contribution in [0.15, 0.2) is 67.0 Å². The van der Waals surface area contributed by atoms with Gasteiger partial charge in [-0.3, -0.25) is 5.32 Å². The molecule has 38 heavy (non-hydrogen) atoms. The summed E-state index contributed by atoms with van der Waals surface area (Å²) < 4.78 is 35.0. The van der Waals surface area contributed by atoms with Crippen LogP contribution in [0, 0.1) is 18.3 Å². The van der Waals surface area contributed by atoms with Gasteiger partial charge < -0.3 is 14.8 Å². The second-order valence-electron chi connectivity index (χ2n) is 8.67. The first-order chi connectivity index (χ1) is 18.2. The Balaban J connectivity index is 1.48. The highest BCUT2D eigenvalue weighted by atomic mass is 32.2. The van der Waals surface area contributed by atoms with Crippen molar-refractivity contribution in [3.63, 3.8) is 0 Å². The molecule has 10 nitrogen and oxygen atoms in total. The number of ether oxygens (including phenoxy) is 2. The second-order valence-corrected chi connectivity index (χ2v) is 10.9. The van der Waals surface area contributed by atoms with E-state index in [0.717, 1.165) is 11.4 Å². The third-order valence-corrected chi connectivity index (χ3v) is 6.69. The van der Waals surface area contributed by atoms with Gasteiger partial charge in [0.1, 0.15) is 27.4 Å². The number of aryl methyl sites for hydroxylation is 1. The van der Waals surface area contributed by atoms with E-state index >= 15 is 0 Å². The third kappa shape index (κ3) is 6.80. The van der Waals surface area contributed by atoms with E-state index in [4.69, 9.17) is 9.47 Å². The van der Waals surface area contributed by atoms with Crippen LogP contribution in [-0.4, -0.2) is 42.7 Å². The van der Waals surface area contributed by atoms with E-state index in [-0.39, 0.29) is 12.4 Å². The van der Waals surface area contributed by atoms with Gasteiger partial charge >= 0.3 is 6.09 Å². The van der Waals surface area contributed by atoms with Crippen LogP contribution < -0.4 is 15.4 Å². The largest absolute Gasteiger partial charge is 0.457 e. The van der Waals surface area contributed by atoms with Crippen LogP contribution in [0.3, 0.4) is 0 Å². The van der Waals surface area contributed by atoms with E-state index in [2.05, 4.69) is 21.8 Å². The van der Waals surface area contributed by atoms with E-state index in [9.17, 15) is 18.5 Å². The number of fused-ring (bicyclic) bond motifs is 1. The molecule has 0 atom stereocenters. The van der Waals surface area contributed by atoms with Crippen molar-refractivity contribution in [2.24, 2.45) is 0 Å². The summed E-state index contributed by atoms with van der Waals surface area (Å²) in [7, 11) is -3.04. The summed E-state index contributed by atoms with van der Waals surface area (Å²) in [5.74, 6) is 1.45. The highest BCUT2D eigenvalue weighted by Crippen LogP contribution is 2.33. The molecule has 2 heterocycles. The normalized spacial score (nSPS) is 11.1. The molecule has 0 aliphatic rings. The van der Waals surface area contributed by atoms with Crippen molar-refractivity contribution in [3.8, 4) is 17.6 Å². The first kappa shape index (κ1) is 26.5. The maximum absolute atomic E-state index is 12.3. The molecule has 4 aromatic rings. The molecule has 2 N–H and O–H groups in total. The van der Waals surface area contributed by atoms with Crippen molar-refractivity contribution >= 4 is 38.5 Å². The molecule has 0 spiro atoms. The number of amides is 1. The molecule has 0 unspecified atom stereocenters. The number of nitriles is 1. The molecule has 2 aromatic heterocycles. The lowest BCUT2D eigenvalue weighted by Gasteiger charge is -2.12. The summed E-state index contributed by atoms with van der Waals surface area (Å²) >= 11 is 0. The minimum atomic E-state index is -3.04. The SMILES string of the molecule is Cc1c(NC(=O)OCCCCS(C)(=O)=O)cn2ncc(C#N)c(Nc3ccc(Oc4ccccc4)cc3)c12. The zero-order valence-corrected chi connectivity index (χ0v) is 21.8. The van der Waals surface area contributed by atoms with Crippen molar-refractivity contribution in [3.05, 3.63) is 78.1 Å². The lowest BCUT2D eigenvalue weighted by atomic mass is 10.1. The number of carbonyl (C=O) groups excluding carboxylic acids is 1. The van der Waals surface area contributed by atoms with Gasteiger partial charge in [-0.1, -0.05) is 18.2 Å². The average Bonchev–Trinajstić information content (AvgIpc) is 3.20. The molecule has 0 fully saturated rings. The van der Waals surface area contributed by atoms with E-state index in [0.29, 0.717) is 46.6 Å². The summed E-state index contributed by atoms with van der Waals surface area (Å²) in [5, 5.41) is 20.0. The van der Waals surface area contributed by atoms with E-state index < -0.39 is 15.9 Å². The number of unbranched alkanes of at least 4 members (excludes halogenated alkanes) is 1. The summed E-state index contributed by atoms with van der Waals surface area (Å²) in [4.78, 5) is 12.3. The predicted octanol–water partition coefficient (Wildman–Crippen LogP) is 5.42. The highest BCUT2D eigenvalue weighted by molar-refractivity contribution is 7.90. The highest BCUT2D eigenvalue weighted by Gasteiger charge is 2.18. The quantitative estimate of drug-likeness (QED) is 0.258. The molecule has 2 aromatic carbocycles. The van der Waals surface area contributed by atoms with Gasteiger partial charge in [0.15, 0.2) is 0 Å². The molecule has 0 radical (unpaired) electrons. The molecule has 0 aliphatic heterocycles. The number of rotatable bonds is 10. The summed E-state index contributed by atoms with van der Waals surface area (Å²) in [6, 6.07) is 18.9. The van der Waals surface area contributed by atoms with E-state index in [1.807, 2.05) is 61.5 Å². The molecule has 4 rings (SSSR count). The topological polar surface area (TPSA) is 135 Å². The van der Waals surface area contributed by atoms with Gasteiger partial charge in [0, 0.05) is 17.5 Å². The minimum Gasteiger partial charge on any atom is -0.457 e. The van der Waals surface area contributed by atoms with Crippen molar-refractivity contribution in [2.75, 3.05) is 29.2 Å². The maximum atomic E-state index is 12.3. The Kier molecular flexibility index (Phi) is 8.13. The van der Waals surface area contributed by atoms with Gasteiger partial charge in [-0.05, 0) is 56.2 Å². The standard InChI is InChI=1S/C27H27N5O5S/c1-19-24(31-27(33)36-14-6-7-15-38(2,34)35)18-32-26(19)25(20(16-28)17-29-32)30-21-10-12-23(13-11-21)37-22-8-4-3-5-9-22/h3-5,8-13,17-18,30H,6-7,14-15H2,1-2H3,(H,31,33). The Hall–Kier alpha value is -4.56. The van der Waals surface area contributed by atoms with Gasteiger partial charge in [0.25, 0.3) is 0 Å². The lowest BCUT2D eigenvalue weighted by molar-refractivity contribution is 0.160.